The number of benzene rings is 2. The summed E-state index contributed by atoms with van der Waals surface area (Å²) in [6.07, 6.45) is 2.57. The highest BCUT2D eigenvalue weighted by molar-refractivity contribution is 7.10. The van der Waals surface area contributed by atoms with Crippen molar-refractivity contribution in [3.63, 3.8) is 0 Å². The second-order valence-corrected chi connectivity index (χ2v) is 7.21. The Labute approximate surface area is 161 Å². The van der Waals surface area contributed by atoms with Crippen LogP contribution >= 0.6 is 11.3 Å². The van der Waals surface area contributed by atoms with Crippen molar-refractivity contribution in [2.45, 2.75) is 6.42 Å². The van der Waals surface area contributed by atoms with Crippen LogP contribution in [0.2, 0.25) is 0 Å². The van der Waals surface area contributed by atoms with Crippen molar-refractivity contribution in [1.82, 2.24) is 5.32 Å². The molecule has 0 unspecified atom stereocenters. The fourth-order valence-electron chi connectivity index (χ4n) is 3.15. The van der Waals surface area contributed by atoms with Gasteiger partial charge in [0.25, 0.3) is 11.8 Å². The van der Waals surface area contributed by atoms with Crippen LogP contribution in [0, 0.1) is 0 Å². The minimum absolute atomic E-state index is 0.197. The lowest BCUT2D eigenvalue weighted by Gasteiger charge is -2.19. The van der Waals surface area contributed by atoms with Crippen molar-refractivity contribution in [3.05, 3.63) is 93.8 Å². The molecule has 1 N–H and O–H groups in total. The molecule has 0 saturated heterocycles. The molecular formula is C22H18N2O2S. The molecule has 2 heterocycles. The molecule has 0 aliphatic carbocycles. The van der Waals surface area contributed by atoms with Crippen molar-refractivity contribution in [1.29, 1.82) is 0 Å². The van der Waals surface area contributed by atoms with E-state index < -0.39 is 0 Å². The fraction of sp³-hybridized carbons (Fsp3) is 0.0909. The van der Waals surface area contributed by atoms with Gasteiger partial charge < -0.3 is 10.2 Å². The minimum Gasteiger partial charge on any atom is -0.317 e. The van der Waals surface area contributed by atoms with Gasteiger partial charge in [-0.2, -0.15) is 0 Å². The van der Waals surface area contributed by atoms with Crippen LogP contribution < -0.4 is 10.2 Å². The Balaban J connectivity index is 1.65. The average Bonchev–Trinajstić information content (AvgIpc) is 3.37. The van der Waals surface area contributed by atoms with E-state index in [1.165, 1.54) is 11.3 Å². The number of carbonyl (C=O) groups excluding carboxylic acids is 2. The number of nitrogens with zero attached hydrogens (tertiary/aromatic N) is 1. The van der Waals surface area contributed by atoms with Crippen LogP contribution in [-0.4, -0.2) is 18.4 Å². The number of hydrogen-bond acceptors (Lipinski definition) is 3. The number of para-hydroxylation sites is 1. The summed E-state index contributed by atoms with van der Waals surface area (Å²) in [7, 11) is 0. The summed E-state index contributed by atoms with van der Waals surface area (Å²) in [4.78, 5) is 28.5. The molecule has 3 aromatic rings. The van der Waals surface area contributed by atoms with Crippen LogP contribution in [0.5, 0.6) is 0 Å². The number of amides is 2. The molecule has 4 nitrogen and oxygen atoms in total. The number of rotatable bonds is 4. The van der Waals surface area contributed by atoms with E-state index in [9.17, 15) is 9.59 Å². The summed E-state index contributed by atoms with van der Waals surface area (Å²) >= 11 is 1.52. The van der Waals surface area contributed by atoms with Gasteiger partial charge in [0.05, 0.1) is 0 Å². The third-order valence-corrected chi connectivity index (χ3v) is 5.30. The monoisotopic (exact) mass is 374 g/mol. The molecule has 1 aromatic heterocycles. The maximum absolute atomic E-state index is 13.2. The molecule has 1 aliphatic heterocycles. The van der Waals surface area contributed by atoms with Crippen molar-refractivity contribution in [3.8, 4) is 0 Å². The summed E-state index contributed by atoms with van der Waals surface area (Å²) in [5.74, 6) is -0.489. The Morgan fingerprint density at radius 1 is 0.963 bits per heavy atom. The Morgan fingerprint density at radius 2 is 1.74 bits per heavy atom. The van der Waals surface area contributed by atoms with Gasteiger partial charge in [0, 0.05) is 22.7 Å². The molecule has 27 heavy (non-hydrogen) atoms. The number of thiophene rings is 1. The number of anilines is 1. The van der Waals surface area contributed by atoms with E-state index in [-0.39, 0.29) is 17.5 Å². The smallest absolute Gasteiger partial charge is 0.274 e. The summed E-state index contributed by atoms with van der Waals surface area (Å²) < 4.78 is 0. The van der Waals surface area contributed by atoms with Gasteiger partial charge in [-0.25, -0.2) is 0 Å². The first-order chi connectivity index (χ1) is 13.2. The molecule has 0 saturated carbocycles. The highest BCUT2D eigenvalue weighted by atomic mass is 32.1. The summed E-state index contributed by atoms with van der Waals surface area (Å²) in [6, 6.07) is 20.6. The Morgan fingerprint density at radius 3 is 2.52 bits per heavy atom. The quantitative estimate of drug-likeness (QED) is 0.699. The molecule has 0 atom stereocenters. The van der Waals surface area contributed by atoms with Crippen LogP contribution in [0.4, 0.5) is 5.69 Å². The molecule has 0 spiro atoms. The topological polar surface area (TPSA) is 49.4 Å². The SMILES string of the molecule is O=C(NC(=Cc1cccs1)C(=O)N1CCc2ccccc21)c1ccccc1. The molecule has 2 aromatic carbocycles. The lowest BCUT2D eigenvalue weighted by atomic mass is 10.2. The minimum atomic E-state index is -0.292. The van der Waals surface area contributed by atoms with Crippen LogP contribution in [0.3, 0.4) is 0 Å². The third-order valence-electron chi connectivity index (χ3n) is 4.48. The lowest BCUT2D eigenvalue weighted by molar-refractivity contribution is -0.115. The first kappa shape index (κ1) is 17.2. The summed E-state index contributed by atoms with van der Waals surface area (Å²) in [5.41, 5.74) is 2.86. The largest absolute Gasteiger partial charge is 0.317 e. The van der Waals surface area contributed by atoms with E-state index >= 15 is 0 Å². The third kappa shape index (κ3) is 3.68. The average molecular weight is 374 g/mol. The lowest BCUT2D eigenvalue weighted by Crippen LogP contribution is -2.37. The molecule has 1 aliphatic rings. The van der Waals surface area contributed by atoms with E-state index in [1.54, 1.807) is 35.2 Å². The number of fused-ring (bicyclic) bond motifs is 1. The van der Waals surface area contributed by atoms with Crippen molar-refractivity contribution < 1.29 is 9.59 Å². The second-order valence-electron chi connectivity index (χ2n) is 6.23. The molecular weight excluding hydrogens is 356 g/mol. The Kier molecular flexibility index (Phi) is 4.85. The van der Waals surface area contributed by atoms with Gasteiger partial charge in [0.2, 0.25) is 0 Å². The van der Waals surface area contributed by atoms with Gasteiger partial charge in [-0.05, 0) is 47.7 Å². The molecule has 5 heteroatoms. The molecule has 2 amide bonds. The van der Waals surface area contributed by atoms with Crippen LogP contribution in [0.25, 0.3) is 6.08 Å². The van der Waals surface area contributed by atoms with E-state index in [4.69, 9.17) is 0 Å². The standard InChI is InChI=1S/C22H18N2O2S/c25-21(17-8-2-1-3-9-17)23-19(15-18-10-6-14-27-18)22(26)24-13-12-16-7-4-5-11-20(16)24/h1-11,14-15H,12-13H2,(H,23,25). The second kappa shape index (κ2) is 7.60. The zero-order chi connectivity index (χ0) is 18.6. The highest BCUT2D eigenvalue weighted by Crippen LogP contribution is 2.29. The van der Waals surface area contributed by atoms with E-state index in [0.717, 1.165) is 22.5 Å². The van der Waals surface area contributed by atoms with Crippen LogP contribution in [0.15, 0.2) is 77.8 Å². The maximum atomic E-state index is 13.2. The van der Waals surface area contributed by atoms with Crippen molar-refractivity contribution in [2.75, 3.05) is 11.4 Å². The molecule has 0 radical (unpaired) electrons. The van der Waals surface area contributed by atoms with Gasteiger partial charge in [-0.1, -0.05) is 42.5 Å². The van der Waals surface area contributed by atoms with Crippen molar-refractivity contribution >= 4 is 34.9 Å². The van der Waals surface area contributed by atoms with Gasteiger partial charge in [-0.3, -0.25) is 9.59 Å². The van der Waals surface area contributed by atoms with Crippen molar-refractivity contribution in [2.24, 2.45) is 0 Å². The first-order valence-electron chi connectivity index (χ1n) is 8.74. The Bertz CT molecular complexity index is 994. The molecule has 4 rings (SSSR count). The van der Waals surface area contributed by atoms with E-state index in [2.05, 4.69) is 5.32 Å². The predicted molar refractivity (Wildman–Crippen MR) is 109 cm³/mol. The van der Waals surface area contributed by atoms with E-state index in [1.807, 2.05) is 47.8 Å². The molecule has 0 bridgehead atoms. The number of nitrogens with one attached hydrogen (secondary N) is 1. The van der Waals surface area contributed by atoms with E-state index in [0.29, 0.717) is 12.1 Å². The predicted octanol–water partition coefficient (Wildman–Crippen LogP) is 4.11. The molecule has 134 valence electrons. The van der Waals surface area contributed by atoms with Crippen LogP contribution in [-0.2, 0) is 11.2 Å². The molecule has 0 fully saturated rings. The first-order valence-corrected chi connectivity index (χ1v) is 9.62. The normalized spacial score (nSPS) is 13.3. The zero-order valence-corrected chi connectivity index (χ0v) is 15.4. The number of hydrogen-bond donors (Lipinski definition) is 1. The van der Waals surface area contributed by atoms with Gasteiger partial charge in [0.1, 0.15) is 5.70 Å². The summed E-state index contributed by atoms with van der Waals surface area (Å²) in [6.45, 7) is 0.612. The Hall–Kier alpha value is -3.18. The summed E-state index contributed by atoms with van der Waals surface area (Å²) in [5, 5.41) is 4.76. The van der Waals surface area contributed by atoms with Gasteiger partial charge in [-0.15, -0.1) is 11.3 Å². The highest BCUT2D eigenvalue weighted by Gasteiger charge is 2.27. The van der Waals surface area contributed by atoms with Gasteiger partial charge in [0.15, 0.2) is 0 Å². The van der Waals surface area contributed by atoms with Gasteiger partial charge >= 0.3 is 0 Å². The number of carbonyl (C=O) groups is 2. The fourth-order valence-corrected chi connectivity index (χ4v) is 3.80. The zero-order valence-electron chi connectivity index (χ0n) is 14.6. The van der Waals surface area contributed by atoms with Crippen LogP contribution in [0.1, 0.15) is 20.8 Å². The maximum Gasteiger partial charge on any atom is 0.274 e.